The number of ether oxygens (including phenoxy) is 2. The number of amides is 2. The van der Waals surface area contributed by atoms with Crippen molar-refractivity contribution in [3.8, 4) is 22.1 Å². The van der Waals surface area contributed by atoms with Gasteiger partial charge in [0.05, 0.1) is 0 Å². The highest BCUT2D eigenvalue weighted by atomic mass is 32.1. The molecule has 2 amide bonds. The van der Waals surface area contributed by atoms with Gasteiger partial charge in [-0.25, -0.2) is 4.98 Å². The van der Waals surface area contributed by atoms with Crippen molar-refractivity contribution in [3.63, 3.8) is 0 Å². The van der Waals surface area contributed by atoms with Gasteiger partial charge < -0.3 is 19.3 Å². The fraction of sp³-hybridized carbons (Fsp3) is 0.286. The van der Waals surface area contributed by atoms with Crippen LogP contribution in [0, 0.1) is 0 Å². The minimum atomic E-state index is -0.658. The molecule has 2 aliphatic rings. The lowest BCUT2D eigenvalue weighted by Crippen LogP contribution is -2.55. The Morgan fingerprint density at radius 1 is 1.00 bits per heavy atom. The number of para-hydroxylation sites is 2. The van der Waals surface area contributed by atoms with E-state index in [-0.39, 0.29) is 18.4 Å². The first-order chi connectivity index (χ1) is 14.7. The fourth-order valence-electron chi connectivity index (χ4n) is 3.53. The summed E-state index contributed by atoms with van der Waals surface area (Å²) in [6.07, 6.45) is -0.658. The first-order valence-electron chi connectivity index (χ1n) is 9.64. The molecule has 2 aliphatic heterocycles. The van der Waals surface area contributed by atoms with Crippen molar-refractivity contribution < 1.29 is 19.1 Å². The maximum absolute atomic E-state index is 12.9. The molecule has 9 heteroatoms. The van der Waals surface area contributed by atoms with Gasteiger partial charge in [-0.05, 0) is 23.6 Å². The summed E-state index contributed by atoms with van der Waals surface area (Å²) in [6, 6.07) is 9.33. The van der Waals surface area contributed by atoms with Crippen molar-refractivity contribution in [1.82, 2.24) is 14.8 Å². The van der Waals surface area contributed by atoms with Gasteiger partial charge in [0.2, 0.25) is 6.10 Å². The molecular formula is C21H19N3O4S2. The lowest BCUT2D eigenvalue weighted by Gasteiger charge is -2.37. The second-order valence-corrected chi connectivity index (χ2v) is 8.67. The summed E-state index contributed by atoms with van der Waals surface area (Å²) in [4.78, 5) is 33.7. The second-order valence-electron chi connectivity index (χ2n) is 7.03. The summed E-state index contributed by atoms with van der Waals surface area (Å²) in [5.41, 5.74) is 1.50. The maximum atomic E-state index is 12.9. The predicted octanol–water partition coefficient (Wildman–Crippen LogP) is 3.00. The van der Waals surface area contributed by atoms with Gasteiger partial charge in [0.25, 0.3) is 11.8 Å². The van der Waals surface area contributed by atoms with Crippen LogP contribution in [0.15, 0.2) is 46.5 Å². The van der Waals surface area contributed by atoms with Crippen LogP contribution >= 0.6 is 22.7 Å². The van der Waals surface area contributed by atoms with E-state index in [4.69, 9.17) is 9.47 Å². The fourth-order valence-corrected chi connectivity index (χ4v) is 5.03. The van der Waals surface area contributed by atoms with Crippen molar-refractivity contribution in [2.45, 2.75) is 6.10 Å². The van der Waals surface area contributed by atoms with Gasteiger partial charge in [0.15, 0.2) is 11.5 Å². The average molecular weight is 442 g/mol. The summed E-state index contributed by atoms with van der Waals surface area (Å²) >= 11 is 3.08. The van der Waals surface area contributed by atoms with Crippen LogP contribution in [0.4, 0.5) is 0 Å². The molecule has 0 aliphatic carbocycles. The molecule has 0 radical (unpaired) electrons. The number of fused-ring (bicyclic) bond motifs is 1. The number of nitrogens with zero attached hydrogens (tertiary/aromatic N) is 3. The Hall–Kier alpha value is -2.91. The molecule has 1 saturated heterocycles. The van der Waals surface area contributed by atoms with Crippen molar-refractivity contribution in [3.05, 3.63) is 52.2 Å². The van der Waals surface area contributed by atoms with Crippen LogP contribution in [0.3, 0.4) is 0 Å². The molecule has 1 aromatic carbocycles. The summed E-state index contributed by atoms with van der Waals surface area (Å²) in [7, 11) is 0. The molecule has 0 spiro atoms. The number of carbonyl (C=O) groups is 2. The number of piperazine rings is 1. The van der Waals surface area contributed by atoms with Crippen LogP contribution in [0.1, 0.15) is 10.5 Å². The minimum absolute atomic E-state index is 0.0917. The number of hydrogen-bond donors (Lipinski definition) is 0. The third kappa shape index (κ3) is 3.66. The second kappa shape index (κ2) is 8.08. The predicted molar refractivity (Wildman–Crippen MR) is 114 cm³/mol. The first kappa shape index (κ1) is 19.1. The molecular weight excluding hydrogens is 422 g/mol. The Morgan fingerprint density at radius 3 is 2.53 bits per heavy atom. The lowest BCUT2D eigenvalue weighted by atomic mass is 10.2. The summed E-state index contributed by atoms with van der Waals surface area (Å²) < 4.78 is 11.5. The van der Waals surface area contributed by atoms with E-state index < -0.39 is 6.10 Å². The molecule has 5 rings (SSSR count). The zero-order valence-corrected chi connectivity index (χ0v) is 17.7. The quantitative estimate of drug-likeness (QED) is 0.625. The average Bonchev–Trinajstić information content (AvgIpc) is 3.50. The third-order valence-corrected chi connectivity index (χ3v) is 6.73. The van der Waals surface area contributed by atoms with Gasteiger partial charge in [0, 0.05) is 42.5 Å². The molecule has 0 unspecified atom stereocenters. The zero-order valence-electron chi connectivity index (χ0n) is 16.0. The lowest BCUT2D eigenvalue weighted by molar-refractivity contribution is -0.142. The molecule has 7 nitrogen and oxygen atoms in total. The molecule has 154 valence electrons. The Balaban J connectivity index is 1.18. The van der Waals surface area contributed by atoms with E-state index in [1.54, 1.807) is 32.6 Å². The number of thiophene rings is 1. The van der Waals surface area contributed by atoms with Gasteiger partial charge in [-0.15, -0.1) is 11.3 Å². The highest BCUT2D eigenvalue weighted by Gasteiger charge is 2.33. The molecule has 1 atom stereocenters. The van der Waals surface area contributed by atoms with Crippen LogP contribution < -0.4 is 9.47 Å². The molecule has 0 saturated carbocycles. The Bertz CT molecular complexity index is 1060. The highest BCUT2D eigenvalue weighted by Crippen LogP contribution is 2.31. The molecule has 3 aromatic rings. The van der Waals surface area contributed by atoms with Crippen LogP contribution in [-0.4, -0.2) is 65.5 Å². The maximum Gasteiger partial charge on any atom is 0.273 e. The summed E-state index contributed by atoms with van der Waals surface area (Å²) in [5.74, 6) is 1.04. The van der Waals surface area contributed by atoms with Crippen LogP contribution in [0.2, 0.25) is 0 Å². The number of benzene rings is 1. The Kier molecular flexibility index (Phi) is 5.14. The van der Waals surface area contributed by atoms with Gasteiger partial charge in [-0.3, -0.25) is 9.59 Å². The number of rotatable bonds is 3. The minimum Gasteiger partial charge on any atom is -0.485 e. The standard InChI is InChI=1S/C21H19N3O4S2/c25-20(15-13-30-19(22-15)14-5-10-29-12-14)23-6-8-24(9-7-23)21(26)18-11-27-16-3-1-2-4-17(16)28-18/h1-5,10,12-13,18H,6-9,11H2/t18-/m1/s1. The van der Waals surface area contributed by atoms with E-state index in [0.29, 0.717) is 43.4 Å². The van der Waals surface area contributed by atoms with Crippen molar-refractivity contribution in [1.29, 1.82) is 0 Å². The van der Waals surface area contributed by atoms with E-state index in [9.17, 15) is 9.59 Å². The summed E-state index contributed by atoms with van der Waals surface area (Å²) in [6.45, 7) is 2.07. The Labute approximate surface area is 181 Å². The normalized spacial score (nSPS) is 18.3. The van der Waals surface area contributed by atoms with E-state index in [0.717, 1.165) is 10.6 Å². The molecule has 30 heavy (non-hydrogen) atoms. The highest BCUT2D eigenvalue weighted by molar-refractivity contribution is 7.14. The monoisotopic (exact) mass is 441 g/mol. The van der Waals surface area contributed by atoms with Crippen LogP contribution in [0.5, 0.6) is 11.5 Å². The SMILES string of the molecule is O=C(c1csc(-c2ccsc2)n1)N1CCN(C(=O)[C@H]2COc3ccccc3O2)CC1. The largest absolute Gasteiger partial charge is 0.485 e. The molecule has 1 fully saturated rings. The van der Waals surface area contributed by atoms with E-state index in [2.05, 4.69) is 4.98 Å². The number of hydrogen-bond acceptors (Lipinski definition) is 7. The first-order valence-corrected chi connectivity index (χ1v) is 11.5. The number of thiazole rings is 1. The van der Waals surface area contributed by atoms with Crippen molar-refractivity contribution in [2.75, 3.05) is 32.8 Å². The van der Waals surface area contributed by atoms with Crippen molar-refractivity contribution >= 4 is 34.5 Å². The van der Waals surface area contributed by atoms with Crippen LogP contribution in [-0.2, 0) is 4.79 Å². The molecule has 0 bridgehead atoms. The van der Waals surface area contributed by atoms with Crippen LogP contribution in [0.25, 0.3) is 10.6 Å². The smallest absolute Gasteiger partial charge is 0.273 e. The van der Waals surface area contributed by atoms with Gasteiger partial charge >= 0.3 is 0 Å². The Morgan fingerprint density at radius 2 is 1.77 bits per heavy atom. The molecule has 2 aromatic heterocycles. The van der Waals surface area contributed by atoms with E-state index >= 15 is 0 Å². The third-order valence-electron chi connectivity index (χ3n) is 5.15. The van der Waals surface area contributed by atoms with Crippen molar-refractivity contribution in [2.24, 2.45) is 0 Å². The number of aromatic nitrogens is 1. The number of carbonyl (C=O) groups excluding carboxylic acids is 2. The van der Waals surface area contributed by atoms with Gasteiger partial charge in [0.1, 0.15) is 17.3 Å². The summed E-state index contributed by atoms with van der Waals surface area (Å²) in [5, 5.41) is 6.67. The topological polar surface area (TPSA) is 72.0 Å². The van der Waals surface area contributed by atoms with Gasteiger partial charge in [-0.2, -0.15) is 11.3 Å². The molecule has 4 heterocycles. The van der Waals surface area contributed by atoms with Gasteiger partial charge in [-0.1, -0.05) is 12.1 Å². The van der Waals surface area contributed by atoms with E-state index in [1.165, 1.54) is 11.3 Å². The zero-order chi connectivity index (χ0) is 20.5. The van der Waals surface area contributed by atoms with E-state index in [1.807, 2.05) is 35.0 Å². The molecule has 0 N–H and O–H groups in total.